The van der Waals surface area contributed by atoms with Gasteiger partial charge < -0.3 is 33.7 Å². The van der Waals surface area contributed by atoms with E-state index in [2.05, 4.69) is 31.2 Å². The fraction of sp³-hybridized carbons (Fsp3) is 0.356. The lowest BCUT2D eigenvalue weighted by atomic mass is 9.93. The predicted molar refractivity (Wildman–Crippen MR) is 233 cm³/mol. The SMILES string of the molecule is COc1cccc(-c2ncc3snc(OC(Cc4ccccc4OCc4ccnc(OCCCC(F)(F)F)n4)C(=O)O)c3c2-c2ccc(OCCN3CCN(C)CC3)c(Cl)c2C)c1. The van der Waals surface area contributed by atoms with Crippen molar-refractivity contribution >= 4 is 39.2 Å². The van der Waals surface area contributed by atoms with Gasteiger partial charge in [0, 0.05) is 69.1 Å². The number of carboxylic acids is 1. The number of aromatic nitrogens is 4. The van der Waals surface area contributed by atoms with E-state index in [1.54, 1.807) is 43.6 Å². The zero-order valence-corrected chi connectivity index (χ0v) is 36.4. The number of likely N-dealkylation sites (N-methyl/N-ethyl adjacent to an activating group) is 1. The second kappa shape index (κ2) is 20.6. The van der Waals surface area contributed by atoms with E-state index in [1.807, 2.05) is 43.3 Å². The molecule has 0 saturated carbocycles. The molecule has 0 spiro atoms. The Hall–Kier alpha value is -5.75. The van der Waals surface area contributed by atoms with Crippen molar-refractivity contribution < 1.29 is 46.8 Å². The van der Waals surface area contributed by atoms with Crippen LogP contribution in [0.3, 0.4) is 0 Å². The third-order valence-electron chi connectivity index (χ3n) is 10.5. The number of alkyl halides is 3. The van der Waals surface area contributed by atoms with E-state index < -0.39 is 24.7 Å². The van der Waals surface area contributed by atoms with Crippen molar-refractivity contribution in [3.8, 4) is 51.5 Å². The molecule has 13 nitrogen and oxygen atoms in total. The Morgan fingerprint density at radius 3 is 2.56 bits per heavy atom. The molecule has 18 heteroatoms. The maximum atomic E-state index is 13.0. The number of benzene rings is 3. The summed E-state index contributed by atoms with van der Waals surface area (Å²) in [6.07, 6.45) is -3.90. The van der Waals surface area contributed by atoms with Crippen LogP contribution in [0.25, 0.3) is 32.5 Å². The molecule has 1 aliphatic rings. The van der Waals surface area contributed by atoms with Gasteiger partial charge in [-0.3, -0.25) is 9.88 Å². The zero-order chi connectivity index (χ0) is 44.5. The van der Waals surface area contributed by atoms with Crippen LogP contribution in [0.1, 0.15) is 29.7 Å². The number of carbonyl (C=O) groups is 1. The van der Waals surface area contributed by atoms with Crippen molar-refractivity contribution in [3.63, 3.8) is 0 Å². The van der Waals surface area contributed by atoms with Crippen LogP contribution in [0, 0.1) is 6.92 Å². The van der Waals surface area contributed by atoms with Crippen molar-refractivity contribution in [2.45, 2.75) is 45.1 Å². The minimum absolute atomic E-state index is 0.0564. The van der Waals surface area contributed by atoms with Crippen LogP contribution in [-0.4, -0.2) is 113 Å². The van der Waals surface area contributed by atoms with Gasteiger partial charge in [0.1, 0.15) is 30.5 Å². The standard InChI is InChI=1S/C45H46ClF3N6O7S/c1-28-33(12-13-35(40(28)46)59-23-21-55-19-17-54(2)18-20-55)38-39-37(26-51-41(38)30-9-6-10-32(24-30)58-3)63-53-42(39)62-36(43(56)57)25-29-8-4-5-11-34(29)61-27-31-14-16-50-44(52-31)60-22-7-15-45(47,48)49/h4-6,8-14,16,24,26,36H,7,15,17-23,25,27H2,1-3H3,(H,56,57). The maximum absolute atomic E-state index is 13.0. The first-order chi connectivity index (χ1) is 30.4. The van der Waals surface area contributed by atoms with Crippen molar-refractivity contribution in [3.05, 3.63) is 101 Å². The average molecular weight is 907 g/mol. The summed E-state index contributed by atoms with van der Waals surface area (Å²) in [7, 11) is 3.71. The smallest absolute Gasteiger partial charge is 0.389 e. The van der Waals surface area contributed by atoms with Crippen LogP contribution < -0.4 is 23.7 Å². The fourth-order valence-corrected chi connectivity index (χ4v) is 8.00. The first-order valence-electron chi connectivity index (χ1n) is 20.2. The van der Waals surface area contributed by atoms with Crippen LogP contribution in [0.5, 0.6) is 29.1 Å². The van der Waals surface area contributed by atoms with Crippen LogP contribution in [-0.2, 0) is 17.8 Å². The van der Waals surface area contributed by atoms with Gasteiger partial charge >= 0.3 is 18.2 Å². The van der Waals surface area contributed by atoms with E-state index in [0.29, 0.717) is 61.5 Å². The number of nitrogens with zero attached hydrogens (tertiary/aromatic N) is 6. The lowest BCUT2D eigenvalue weighted by molar-refractivity contribution is -0.145. The highest BCUT2D eigenvalue weighted by molar-refractivity contribution is 7.13. The minimum atomic E-state index is -4.28. The molecular formula is C45H46ClF3N6O7S. The highest BCUT2D eigenvalue weighted by atomic mass is 35.5. The molecule has 1 N–H and O–H groups in total. The first-order valence-corrected chi connectivity index (χ1v) is 21.4. The summed E-state index contributed by atoms with van der Waals surface area (Å²) in [5.41, 5.74) is 4.38. The first kappa shape index (κ1) is 45.3. The van der Waals surface area contributed by atoms with Gasteiger partial charge in [-0.1, -0.05) is 48.0 Å². The number of fused-ring (bicyclic) bond motifs is 1. The Labute approximate surface area is 371 Å². The Morgan fingerprint density at radius 1 is 0.968 bits per heavy atom. The van der Waals surface area contributed by atoms with Gasteiger partial charge in [-0.25, -0.2) is 9.78 Å². The third kappa shape index (κ3) is 11.6. The average Bonchev–Trinajstić information content (AvgIpc) is 3.69. The van der Waals surface area contributed by atoms with Crippen LogP contribution >= 0.6 is 23.1 Å². The van der Waals surface area contributed by atoms with Gasteiger partial charge in [0.2, 0.25) is 12.0 Å². The van der Waals surface area contributed by atoms with Gasteiger partial charge in [-0.2, -0.15) is 22.5 Å². The molecule has 63 heavy (non-hydrogen) atoms. The number of pyridine rings is 1. The third-order valence-corrected chi connectivity index (χ3v) is 11.8. The number of piperazine rings is 1. The zero-order valence-electron chi connectivity index (χ0n) is 34.9. The van der Waals surface area contributed by atoms with Gasteiger partial charge in [0.15, 0.2) is 0 Å². The van der Waals surface area contributed by atoms with E-state index in [9.17, 15) is 23.1 Å². The summed E-state index contributed by atoms with van der Waals surface area (Å²) in [5.74, 6) is 0.432. The maximum Gasteiger partial charge on any atom is 0.389 e. The summed E-state index contributed by atoms with van der Waals surface area (Å²) in [6.45, 7) is 6.86. The number of halogens is 4. The quantitative estimate of drug-likeness (QED) is 0.0775. The summed E-state index contributed by atoms with van der Waals surface area (Å²) >= 11 is 8.21. The summed E-state index contributed by atoms with van der Waals surface area (Å²) < 4.78 is 72.5. The van der Waals surface area contributed by atoms with Crippen LogP contribution in [0.15, 0.2) is 79.1 Å². The number of aliphatic carboxylic acids is 1. The molecule has 6 aromatic rings. The molecule has 0 bridgehead atoms. The molecule has 0 radical (unpaired) electrons. The number of methoxy groups -OCH3 is 1. The summed E-state index contributed by atoms with van der Waals surface area (Å²) in [5, 5.41) is 11.6. The molecule has 332 valence electrons. The Morgan fingerprint density at radius 2 is 1.78 bits per heavy atom. The minimum Gasteiger partial charge on any atom is -0.497 e. The second-order valence-corrected chi connectivity index (χ2v) is 16.1. The molecule has 4 heterocycles. The number of hydrogen-bond donors (Lipinski definition) is 1. The van der Waals surface area contributed by atoms with Crippen LogP contribution in [0.2, 0.25) is 5.02 Å². The molecule has 1 saturated heterocycles. The van der Waals surface area contributed by atoms with Crippen molar-refractivity contribution in [2.24, 2.45) is 0 Å². The molecule has 1 unspecified atom stereocenters. The fourth-order valence-electron chi connectivity index (χ4n) is 7.08. The molecule has 3 aromatic heterocycles. The molecule has 1 fully saturated rings. The van der Waals surface area contributed by atoms with Gasteiger partial charge in [0.25, 0.3) is 0 Å². The largest absolute Gasteiger partial charge is 0.497 e. The molecule has 0 aliphatic carbocycles. The summed E-state index contributed by atoms with van der Waals surface area (Å²) in [4.78, 5) is 30.8. The van der Waals surface area contributed by atoms with E-state index in [-0.39, 0.29) is 37.9 Å². The molecule has 7 rings (SSSR count). The van der Waals surface area contributed by atoms with Crippen molar-refractivity contribution in [1.82, 2.24) is 29.1 Å². The number of rotatable bonds is 19. The molecule has 1 atom stereocenters. The highest BCUT2D eigenvalue weighted by Crippen LogP contribution is 2.46. The monoisotopic (exact) mass is 906 g/mol. The van der Waals surface area contributed by atoms with Crippen molar-refractivity contribution in [1.29, 1.82) is 0 Å². The Balaban J connectivity index is 1.15. The molecule has 3 aromatic carbocycles. The molecular weight excluding hydrogens is 861 g/mol. The molecule has 1 aliphatic heterocycles. The lowest BCUT2D eigenvalue weighted by Gasteiger charge is -2.32. The van der Waals surface area contributed by atoms with E-state index >= 15 is 0 Å². The topological polar surface area (TPSA) is 141 Å². The highest BCUT2D eigenvalue weighted by Gasteiger charge is 2.29. The lowest BCUT2D eigenvalue weighted by Crippen LogP contribution is -2.45. The Kier molecular flexibility index (Phi) is 14.8. The number of ether oxygens (including phenoxy) is 5. The normalized spacial score (nSPS) is 14.1. The van der Waals surface area contributed by atoms with E-state index in [4.69, 9.17) is 40.3 Å². The van der Waals surface area contributed by atoms with E-state index in [0.717, 1.165) is 60.9 Å². The summed E-state index contributed by atoms with van der Waals surface area (Å²) in [6, 6.07) is 19.7. The number of hydrogen-bond acceptors (Lipinski definition) is 13. The Bertz CT molecular complexity index is 2520. The van der Waals surface area contributed by atoms with E-state index in [1.165, 1.54) is 6.20 Å². The van der Waals surface area contributed by atoms with Crippen molar-refractivity contribution in [2.75, 3.05) is 60.1 Å². The second-order valence-electron chi connectivity index (χ2n) is 14.9. The van der Waals surface area contributed by atoms with Gasteiger partial charge in [-0.05, 0) is 78.9 Å². The number of para-hydroxylation sites is 1. The van der Waals surface area contributed by atoms with Gasteiger partial charge in [-0.15, -0.1) is 0 Å². The van der Waals surface area contributed by atoms with Gasteiger partial charge in [0.05, 0.1) is 40.2 Å². The number of carboxylic acid groups (broad SMARTS) is 1. The predicted octanol–water partition coefficient (Wildman–Crippen LogP) is 8.79. The molecule has 0 amide bonds. The van der Waals surface area contributed by atoms with Crippen LogP contribution in [0.4, 0.5) is 13.2 Å².